The molecule has 1 aromatic rings. The maximum Gasteiger partial charge on any atom is 0.106 e. The van der Waals surface area contributed by atoms with Gasteiger partial charge in [0, 0.05) is 23.3 Å². The number of aryl methyl sites for hydroxylation is 1. The summed E-state index contributed by atoms with van der Waals surface area (Å²) in [5.74, 6) is 0. The Morgan fingerprint density at radius 1 is 1.16 bits per heavy atom. The number of rotatable bonds is 2. The fraction of sp³-hybridized carbons (Fsp3) is 0.688. The predicted molar refractivity (Wildman–Crippen MR) is 84.2 cm³/mol. The molecule has 0 atom stereocenters. The molecule has 0 saturated carbocycles. The predicted octanol–water partition coefficient (Wildman–Crippen LogP) is 4.70. The molecule has 0 N–H and O–H groups in total. The van der Waals surface area contributed by atoms with Crippen LogP contribution < -0.4 is 0 Å². The van der Waals surface area contributed by atoms with E-state index in [9.17, 15) is 0 Å². The highest BCUT2D eigenvalue weighted by molar-refractivity contribution is 9.10. The molecule has 0 aromatic carbocycles. The van der Waals surface area contributed by atoms with Gasteiger partial charge >= 0.3 is 0 Å². The van der Waals surface area contributed by atoms with E-state index < -0.39 is 0 Å². The number of aromatic nitrogens is 1. The Labute approximate surface area is 125 Å². The molecule has 0 bridgehead atoms. The quantitative estimate of drug-likeness (QED) is 0.733. The summed E-state index contributed by atoms with van der Waals surface area (Å²) < 4.78 is 0.922. The Bertz CT molecular complexity index is 450. The molecule has 0 spiro atoms. The van der Waals surface area contributed by atoms with Gasteiger partial charge in [-0.1, -0.05) is 6.07 Å². The Hall–Kier alpha value is -0.410. The average Bonchev–Trinajstić information content (AvgIpc) is 2.25. The molecule has 0 radical (unpaired) electrons. The lowest BCUT2D eigenvalue weighted by Crippen LogP contribution is -2.57. The van der Waals surface area contributed by atoms with Gasteiger partial charge in [-0.3, -0.25) is 4.90 Å². The maximum absolute atomic E-state index is 4.52. The molecule has 3 heteroatoms. The van der Waals surface area contributed by atoms with Crippen molar-refractivity contribution in [3.8, 4) is 0 Å². The first-order valence-corrected chi connectivity index (χ1v) is 7.91. The minimum atomic E-state index is 0.265. The first-order valence-electron chi connectivity index (χ1n) is 7.12. The molecule has 0 unspecified atom stereocenters. The van der Waals surface area contributed by atoms with Crippen molar-refractivity contribution in [1.82, 2.24) is 9.88 Å². The maximum atomic E-state index is 4.52. The van der Waals surface area contributed by atoms with Gasteiger partial charge in [0.25, 0.3) is 0 Å². The number of hydrogen-bond acceptors (Lipinski definition) is 2. The molecule has 106 valence electrons. The molecule has 1 fully saturated rings. The molecule has 1 aliphatic rings. The highest BCUT2D eigenvalue weighted by atomic mass is 79.9. The van der Waals surface area contributed by atoms with Crippen molar-refractivity contribution < 1.29 is 0 Å². The van der Waals surface area contributed by atoms with E-state index in [0.29, 0.717) is 0 Å². The zero-order valence-corrected chi connectivity index (χ0v) is 14.3. The van der Waals surface area contributed by atoms with Gasteiger partial charge in [-0.05, 0) is 81.4 Å². The van der Waals surface area contributed by atoms with Crippen LogP contribution >= 0.6 is 15.9 Å². The topological polar surface area (TPSA) is 16.1 Å². The summed E-state index contributed by atoms with van der Waals surface area (Å²) in [6, 6.07) is 4.25. The van der Waals surface area contributed by atoms with Crippen molar-refractivity contribution in [2.24, 2.45) is 0 Å². The first kappa shape index (κ1) is 15.0. The second-order valence-electron chi connectivity index (χ2n) is 6.94. The summed E-state index contributed by atoms with van der Waals surface area (Å²) in [5, 5.41) is 0. The Morgan fingerprint density at radius 3 is 2.26 bits per heavy atom. The number of nitrogens with zero attached hydrogens (tertiary/aromatic N) is 2. The lowest BCUT2D eigenvalue weighted by Gasteiger charge is -2.53. The highest BCUT2D eigenvalue weighted by Crippen LogP contribution is 2.39. The monoisotopic (exact) mass is 324 g/mol. The van der Waals surface area contributed by atoms with Gasteiger partial charge in [-0.25, -0.2) is 4.98 Å². The average molecular weight is 325 g/mol. The van der Waals surface area contributed by atoms with E-state index in [1.807, 2.05) is 6.07 Å². The van der Waals surface area contributed by atoms with Crippen molar-refractivity contribution in [3.05, 3.63) is 28.0 Å². The third kappa shape index (κ3) is 3.19. The van der Waals surface area contributed by atoms with Crippen LogP contribution in [0.1, 0.15) is 58.2 Å². The lowest BCUT2D eigenvalue weighted by molar-refractivity contribution is -0.0342. The van der Waals surface area contributed by atoms with Crippen LogP contribution in [0.2, 0.25) is 0 Å². The van der Waals surface area contributed by atoms with E-state index in [2.05, 4.69) is 66.5 Å². The van der Waals surface area contributed by atoms with Crippen molar-refractivity contribution >= 4 is 15.9 Å². The van der Waals surface area contributed by atoms with Gasteiger partial charge in [0.2, 0.25) is 0 Å². The molecule has 2 nitrogen and oxygen atoms in total. The van der Waals surface area contributed by atoms with Gasteiger partial charge in [0.1, 0.15) is 4.60 Å². The standard InChI is InChI=1S/C16H25BrN2/c1-12-13(7-8-14(17)18-12)11-19-15(2,3)9-6-10-16(19,4)5/h7-8H,6,9-11H2,1-5H3. The zero-order valence-electron chi connectivity index (χ0n) is 12.8. The van der Waals surface area contributed by atoms with E-state index in [-0.39, 0.29) is 11.1 Å². The van der Waals surface area contributed by atoms with Gasteiger partial charge in [0.15, 0.2) is 0 Å². The molecule has 19 heavy (non-hydrogen) atoms. The number of likely N-dealkylation sites (tertiary alicyclic amines) is 1. The summed E-state index contributed by atoms with van der Waals surface area (Å²) in [6.07, 6.45) is 3.88. The van der Waals surface area contributed by atoms with Crippen LogP contribution in [-0.4, -0.2) is 21.0 Å². The molecule has 1 aliphatic heterocycles. The summed E-state index contributed by atoms with van der Waals surface area (Å²) in [7, 11) is 0. The molecular formula is C16H25BrN2. The summed E-state index contributed by atoms with van der Waals surface area (Å²) in [6.45, 7) is 12.6. The van der Waals surface area contributed by atoms with E-state index in [0.717, 1.165) is 16.8 Å². The van der Waals surface area contributed by atoms with Crippen molar-refractivity contribution in [2.45, 2.75) is 71.5 Å². The summed E-state index contributed by atoms with van der Waals surface area (Å²) in [5.41, 5.74) is 3.00. The largest absolute Gasteiger partial charge is 0.289 e. The molecular weight excluding hydrogens is 300 g/mol. The van der Waals surface area contributed by atoms with E-state index >= 15 is 0 Å². The van der Waals surface area contributed by atoms with Crippen LogP contribution in [0.3, 0.4) is 0 Å². The highest BCUT2D eigenvalue weighted by Gasteiger charge is 2.41. The van der Waals surface area contributed by atoms with Crippen molar-refractivity contribution in [3.63, 3.8) is 0 Å². The molecule has 0 aliphatic carbocycles. The lowest BCUT2D eigenvalue weighted by atomic mass is 9.79. The van der Waals surface area contributed by atoms with E-state index in [1.165, 1.54) is 24.8 Å². The third-order valence-corrected chi connectivity index (χ3v) is 4.97. The van der Waals surface area contributed by atoms with Crippen molar-refractivity contribution in [2.75, 3.05) is 0 Å². The van der Waals surface area contributed by atoms with Gasteiger partial charge in [-0.15, -0.1) is 0 Å². The van der Waals surface area contributed by atoms with Crippen LogP contribution in [0.4, 0.5) is 0 Å². The number of hydrogen-bond donors (Lipinski definition) is 0. The van der Waals surface area contributed by atoms with Crippen LogP contribution in [0.15, 0.2) is 16.7 Å². The van der Waals surface area contributed by atoms with E-state index in [4.69, 9.17) is 0 Å². The molecule has 2 heterocycles. The fourth-order valence-electron chi connectivity index (χ4n) is 3.37. The molecule has 1 saturated heterocycles. The van der Waals surface area contributed by atoms with Crippen LogP contribution in [0, 0.1) is 6.92 Å². The third-order valence-electron chi connectivity index (χ3n) is 4.53. The van der Waals surface area contributed by atoms with Crippen LogP contribution in [-0.2, 0) is 6.54 Å². The van der Waals surface area contributed by atoms with Crippen LogP contribution in [0.25, 0.3) is 0 Å². The number of pyridine rings is 1. The number of piperidine rings is 1. The van der Waals surface area contributed by atoms with E-state index in [1.54, 1.807) is 0 Å². The SMILES string of the molecule is Cc1nc(Br)ccc1CN1C(C)(C)CCCC1(C)C. The minimum absolute atomic E-state index is 0.265. The van der Waals surface area contributed by atoms with Gasteiger partial charge in [-0.2, -0.15) is 0 Å². The Kier molecular flexibility index (Phi) is 4.08. The Morgan fingerprint density at radius 2 is 1.74 bits per heavy atom. The summed E-state index contributed by atoms with van der Waals surface area (Å²) in [4.78, 5) is 7.18. The Balaban J connectivity index is 2.28. The molecule has 1 aromatic heterocycles. The minimum Gasteiger partial charge on any atom is -0.289 e. The first-order chi connectivity index (χ1) is 8.72. The molecule has 2 rings (SSSR count). The van der Waals surface area contributed by atoms with Crippen LogP contribution in [0.5, 0.6) is 0 Å². The fourth-order valence-corrected chi connectivity index (χ4v) is 3.77. The second kappa shape index (κ2) is 5.17. The normalized spacial score (nSPS) is 22.4. The zero-order chi connectivity index (χ0) is 14.3. The number of halogens is 1. The second-order valence-corrected chi connectivity index (χ2v) is 7.76. The van der Waals surface area contributed by atoms with Gasteiger partial charge in [0.05, 0.1) is 0 Å². The summed E-state index contributed by atoms with van der Waals surface area (Å²) >= 11 is 3.44. The smallest absolute Gasteiger partial charge is 0.106 e. The van der Waals surface area contributed by atoms with Crippen molar-refractivity contribution in [1.29, 1.82) is 0 Å². The molecule has 0 amide bonds. The van der Waals surface area contributed by atoms with Gasteiger partial charge < -0.3 is 0 Å².